The lowest BCUT2D eigenvalue weighted by molar-refractivity contribution is -0.0121. The van der Waals surface area contributed by atoms with Crippen LogP contribution >= 0.6 is 0 Å². The maximum atomic E-state index is 13.7. The van der Waals surface area contributed by atoms with Crippen LogP contribution in [-0.4, -0.2) is 40.9 Å². The van der Waals surface area contributed by atoms with E-state index < -0.39 is 32.2 Å². The van der Waals surface area contributed by atoms with E-state index >= 15 is 0 Å². The minimum absolute atomic E-state index is 0.144. The van der Waals surface area contributed by atoms with Crippen molar-refractivity contribution in [1.29, 1.82) is 0 Å². The Morgan fingerprint density at radius 1 is 1.43 bits per heavy atom. The van der Waals surface area contributed by atoms with E-state index in [1.807, 2.05) is 0 Å². The molecule has 1 saturated heterocycles. The van der Waals surface area contributed by atoms with Gasteiger partial charge in [-0.25, -0.2) is 21.9 Å². The highest BCUT2D eigenvalue weighted by Crippen LogP contribution is 2.24. The monoisotopic (exact) mass is 322 g/mol. The molecule has 9 heteroatoms. The lowest BCUT2D eigenvalue weighted by Gasteiger charge is -2.25. The maximum absolute atomic E-state index is 13.7. The number of hydrogen-bond donors (Lipinski definition) is 2. The standard InChI is InChI=1S/C12H16F2N2O4S/c1-19-12(2-3-20-7-12)6-16-21(17,18)11-9(13)4-8(15)5-10(11)14/h4-5,16H,2-3,6-7,15H2,1H3. The van der Waals surface area contributed by atoms with Crippen LogP contribution in [0.5, 0.6) is 0 Å². The second-order valence-electron chi connectivity index (χ2n) is 4.83. The molecule has 0 radical (unpaired) electrons. The van der Waals surface area contributed by atoms with Crippen LogP contribution in [0.2, 0.25) is 0 Å². The molecule has 6 nitrogen and oxygen atoms in total. The van der Waals surface area contributed by atoms with Gasteiger partial charge < -0.3 is 15.2 Å². The molecular formula is C12H16F2N2O4S. The molecule has 0 aliphatic carbocycles. The van der Waals surface area contributed by atoms with E-state index in [-0.39, 0.29) is 18.8 Å². The molecule has 21 heavy (non-hydrogen) atoms. The van der Waals surface area contributed by atoms with Crippen LogP contribution in [0.3, 0.4) is 0 Å². The number of benzene rings is 1. The lowest BCUT2D eigenvalue weighted by atomic mass is 10.0. The number of nitrogen functional groups attached to an aromatic ring is 1. The minimum atomic E-state index is -4.37. The van der Waals surface area contributed by atoms with Gasteiger partial charge in [0.05, 0.1) is 6.61 Å². The Morgan fingerprint density at radius 2 is 2.05 bits per heavy atom. The molecule has 0 spiro atoms. The molecule has 1 atom stereocenters. The second-order valence-corrected chi connectivity index (χ2v) is 6.53. The van der Waals surface area contributed by atoms with Crippen molar-refractivity contribution in [3.8, 4) is 0 Å². The summed E-state index contributed by atoms with van der Waals surface area (Å²) in [6.07, 6.45) is 0.485. The molecule has 0 amide bonds. The van der Waals surface area contributed by atoms with Crippen LogP contribution in [-0.2, 0) is 19.5 Å². The topological polar surface area (TPSA) is 90.7 Å². The molecule has 1 aliphatic rings. The lowest BCUT2D eigenvalue weighted by Crippen LogP contribution is -2.45. The van der Waals surface area contributed by atoms with Crippen LogP contribution in [0.15, 0.2) is 17.0 Å². The van der Waals surface area contributed by atoms with Gasteiger partial charge in [0.15, 0.2) is 4.90 Å². The third-order valence-electron chi connectivity index (χ3n) is 3.37. The zero-order valence-electron chi connectivity index (χ0n) is 11.4. The van der Waals surface area contributed by atoms with Gasteiger partial charge in [-0.05, 0) is 12.1 Å². The molecule has 1 aromatic rings. The fraction of sp³-hybridized carbons (Fsp3) is 0.500. The Morgan fingerprint density at radius 3 is 2.52 bits per heavy atom. The van der Waals surface area contributed by atoms with E-state index in [1.165, 1.54) is 7.11 Å². The van der Waals surface area contributed by atoms with Crippen molar-refractivity contribution in [3.05, 3.63) is 23.8 Å². The van der Waals surface area contributed by atoms with Crippen molar-refractivity contribution in [3.63, 3.8) is 0 Å². The van der Waals surface area contributed by atoms with Crippen molar-refractivity contribution in [1.82, 2.24) is 4.72 Å². The number of halogens is 2. The third-order valence-corrected chi connectivity index (χ3v) is 4.83. The summed E-state index contributed by atoms with van der Waals surface area (Å²) < 4.78 is 64.1. The second kappa shape index (κ2) is 5.84. The van der Waals surface area contributed by atoms with Crippen LogP contribution in [0.25, 0.3) is 0 Å². The van der Waals surface area contributed by atoms with Gasteiger partial charge >= 0.3 is 0 Å². The Balaban J connectivity index is 2.23. The number of nitrogens with two attached hydrogens (primary N) is 1. The van der Waals surface area contributed by atoms with E-state index in [4.69, 9.17) is 15.2 Å². The van der Waals surface area contributed by atoms with Crippen molar-refractivity contribution in [2.45, 2.75) is 16.9 Å². The van der Waals surface area contributed by atoms with Gasteiger partial charge in [-0.3, -0.25) is 0 Å². The van der Waals surface area contributed by atoms with E-state index in [1.54, 1.807) is 0 Å². The molecule has 2 rings (SSSR count). The number of ether oxygens (including phenoxy) is 2. The molecule has 0 bridgehead atoms. The Kier molecular flexibility index (Phi) is 4.47. The van der Waals surface area contributed by atoms with E-state index in [9.17, 15) is 17.2 Å². The largest absolute Gasteiger partial charge is 0.399 e. The average molecular weight is 322 g/mol. The molecule has 1 unspecified atom stereocenters. The summed E-state index contributed by atoms with van der Waals surface area (Å²) in [7, 11) is -2.94. The average Bonchev–Trinajstić information content (AvgIpc) is 2.84. The maximum Gasteiger partial charge on any atom is 0.246 e. The smallest absolute Gasteiger partial charge is 0.246 e. The molecule has 1 heterocycles. The zero-order valence-corrected chi connectivity index (χ0v) is 12.2. The SMILES string of the molecule is COC1(CNS(=O)(=O)c2c(F)cc(N)cc2F)CCOC1. The summed E-state index contributed by atoms with van der Waals surface area (Å²) in [5.74, 6) is -2.48. The van der Waals surface area contributed by atoms with E-state index in [0.717, 1.165) is 12.1 Å². The number of rotatable bonds is 5. The number of methoxy groups -OCH3 is 1. The van der Waals surface area contributed by atoms with Crippen molar-refractivity contribution >= 4 is 15.7 Å². The number of hydrogen-bond acceptors (Lipinski definition) is 5. The Labute approximate surface area is 121 Å². The van der Waals surface area contributed by atoms with Crippen LogP contribution in [0, 0.1) is 11.6 Å². The van der Waals surface area contributed by atoms with Gasteiger partial charge in [-0.15, -0.1) is 0 Å². The summed E-state index contributed by atoms with van der Waals surface area (Å²) in [5, 5.41) is 0. The highest BCUT2D eigenvalue weighted by atomic mass is 32.2. The molecule has 0 aromatic heterocycles. The molecule has 0 saturated carbocycles. The van der Waals surface area contributed by atoms with Crippen LogP contribution in [0.4, 0.5) is 14.5 Å². The van der Waals surface area contributed by atoms with E-state index in [0.29, 0.717) is 13.0 Å². The first-order chi connectivity index (χ1) is 9.80. The van der Waals surface area contributed by atoms with Crippen LogP contribution < -0.4 is 10.5 Å². The first kappa shape index (κ1) is 16.1. The minimum Gasteiger partial charge on any atom is -0.399 e. The number of nitrogens with one attached hydrogen (secondary N) is 1. The highest BCUT2D eigenvalue weighted by molar-refractivity contribution is 7.89. The quantitative estimate of drug-likeness (QED) is 0.776. The first-order valence-corrected chi connectivity index (χ1v) is 7.65. The predicted molar refractivity (Wildman–Crippen MR) is 71.1 cm³/mol. The number of anilines is 1. The summed E-state index contributed by atoms with van der Waals surface area (Å²) in [6.45, 7) is 0.494. The predicted octanol–water partition coefficient (Wildman–Crippen LogP) is 0.631. The molecule has 1 aromatic carbocycles. The summed E-state index contributed by atoms with van der Waals surface area (Å²) in [5.41, 5.74) is 4.24. The molecule has 1 aliphatic heterocycles. The molecular weight excluding hydrogens is 306 g/mol. The van der Waals surface area contributed by atoms with Crippen LogP contribution in [0.1, 0.15) is 6.42 Å². The van der Waals surface area contributed by atoms with Crippen molar-refractivity contribution in [2.75, 3.05) is 32.6 Å². The van der Waals surface area contributed by atoms with Gasteiger partial charge in [0.1, 0.15) is 17.2 Å². The first-order valence-electron chi connectivity index (χ1n) is 6.17. The summed E-state index contributed by atoms with van der Waals surface area (Å²) in [6, 6.07) is 1.50. The number of sulfonamides is 1. The van der Waals surface area contributed by atoms with Gasteiger partial charge in [0, 0.05) is 32.4 Å². The fourth-order valence-electron chi connectivity index (χ4n) is 2.10. The highest BCUT2D eigenvalue weighted by Gasteiger charge is 2.37. The van der Waals surface area contributed by atoms with Gasteiger partial charge in [0.2, 0.25) is 10.0 Å². The Hall–Kier alpha value is -1.29. The summed E-state index contributed by atoms with van der Waals surface area (Å²) >= 11 is 0. The van der Waals surface area contributed by atoms with E-state index in [2.05, 4.69) is 4.72 Å². The normalized spacial score (nSPS) is 22.6. The summed E-state index contributed by atoms with van der Waals surface area (Å²) in [4.78, 5) is -1.05. The molecule has 118 valence electrons. The molecule has 1 fully saturated rings. The van der Waals surface area contributed by atoms with Gasteiger partial charge in [-0.1, -0.05) is 0 Å². The fourth-order valence-corrected chi connectivity index (χ4v) is 3.32. The third kappa shape index (κ3) is 3.31. The van der Waals surface area contributed by atoms with Crippen molar-refractivity contribution in [2.24, 2.45) is 0 Å². The zero-order chi connectivity index (χ0) is 15.7. The van der Waals surface area contributed by atoms with Crippen molar-refractivity contribution < 1.29 is 26.7 Å². The Bertz CT molecular complexity index is 607. The van der Waals surface area contributed by atoms with Gasteiger partial charge in [0.25, 0.3) is 0 Å². The molecule has 3 N–H and O–H groups in total. The van der Waals surface area contributed by atoms with Gasteiger partial charge in [-0.2, -0.15) is 0 Å².